The van der Waals surface area contributed by atoms with Crippen molar-refractivity contribution in [2.45, 2.75) is 71.5 Å². The molecule has 1 rings (SSSR count). The molecule has 9 nitrogen and oxygen atoms in total. The van der Waals surface area contributed by atoms with Gasteiger partial charge >= 0.3 is 0 Å². The van der Waals surface area contributed by atoms with Crippen LogP contribution in [0.15, 0.2) is 24.3 Å². The van der Waals surface area contributed by atoms with Crippen molar-refractivity contribution in [3.8, 4) is 0 Å². The monoisotopic (exact) mass is 572 g/mol. The number of amides is 3. The summed E-state index contributed by atoms with van der Waals surface area (Å²) in [6.45, 7) is 9.43. The minimum atomic E-state index is -0.800. The second-order valence-electron chi connectivity index (χ2n) is 10.2. The average molecular weight is 574 g/mol. The van der Waals surface area contributed by atoms with E-state index in [0.29, 0.717) is 56.3 Å². The molecule has 0 radical (unpaired) electrons. The van der Waals surface area contributed by atoms with E-state index < -0.39 is 24.0 Å². The predicted octanol–water partition coefficient (Wildman–Crippen LogP) is 3.04. The summed E-state index contributed by atoms with van der Waals surface area (Å²) < 4.78 is 0. The van der Waals surface area contributed by atoms with Gasteiger partial charge in [0.1, 0.15) is 12.1 Å². The summed E-state index contributed by atoms with van der Waals surface area (Å²) in [4.78, 5) is 41.1. The summed E-state index contributed by atoms with van der Waals surface area (Å²) in [6, 6.07) is 5.07. The standard InChI is InChI=1S/C27H46Cl2N6O3/c1-18(2)17-23(34-27(38)24(31)19(3)4)26(37)33-22(7-5-6-14-30)25(36)32-20-8-10-21(11-9-20)35(15-12-28)16-13-29/h8-11,18-19,22-24H,5-7,12-17,30-31H2,1-4H3,(H,32,36)(H,33,37)(H,34,38)/t22-,23+,24+/m0/s1. The largest absolute Gasteiger partial charge is 0.369 e. The van der Waals surface area contributed by atoms with Gasteiger partial charge in [0.15, 0.2) is 0 Å². The highest BCUT2D eigenvalue weighted by Gasteiger charge is 2.29. The van der Waals surface area contributed by atoms with Gasteiger partial charge in [0, 0.05) is 36.2 Å². The summed E-state index contributed by atoms with van der Waals surface area (Å²) >= 11 is 11.8. The van der Waals surface area contributed by atoms with Crippen LogP contribution >= 0.6 is 23.2 Å². The van der Waals surface area contributed by atoms with Crippen molar-refractivity contribution in [1.29, 1.82) is 0 Å². The topological polar surface area (TPSA) is 143 Å². The van der Waals surface area contributed by atoms with Crippen LogP contribution in [0.3, 0.4) is 0 Å². The third kappa shape index (κ3) is 12.2. The molecule has 0 bridgehead atoms. The highest BCUT2D eigenvalue weighted by molar-refractivity contribution is 6.18. The first-order chi connectivity index (χ1) is 18.0. The number of rotatable bonds is 18. The van der Waals surface area contributed by atoms with Crippen LogP contribution in [0.4, 0.5) is 11.4 Å². The number of benzene rings is 1. The number of hydrogen-bond acceptors (Lipinski definition) is 6. The zero-order valence-electron chi connectivity index (χ0n) is 23.1. The maximum absolute atomic E-state index is 13.3. The third-order valence-corrected chi connectivity index (χ3v) is 6.49. The molecule has 0 heterocycles. The number of nitrogens with two attached hydrogens (primary N) is 2. The molecule has 0 unspecified atom stereocenters. The number of nitrogens with one attached hydrogen (secondary N) is 3. The lowest BCUT2D eigenvalue weighted by molar-refractivity contribution is -0.132. The molecule has 0 fully saturated rings. The Bertz CT molecular complexity index is 848. The zero-order chi connectivity index (χ0) is 28.7. The van der Waals surface area contributed by atoms with Gasteiger partial charge < -0.3 is 32.3 Å². The minimum absolute atomic E-state index is 0.0733. The summed E-state index contributed by atoms with van der Waals surface area (Å²) in [5, 5.41) is 8.53. The first-order valence-corrected chi connectivity index (χ1v) is 14.4. The normalized spacial score (nSPS) is 13.6. The Morgan fingerprint density at radius 2 is 1.45 bits per heavy atom. The minimum Gasteiger partial charge on any atom is -0.369 e. The molecule has 1 aromatic rings. The fourth-order valence-electron chi connectivity index (χ4n) is 3.87. The fraction of sp³-hybridized carbons (Fsp3) is 0.667. The van der Waals surface area contributed by atoms with E-state index in [1.165, 1.54) is 0 Å². The Balaban J connectivity index is 3.00. The van der Waals surface area contributed by atoms with Gasteiger partial charge in [-0.1, -0.05) is 27.7 Å². The van der Waals surface area contributed by atoms with E-state index in [0.717, 1.165) is 12.1 Å². The zero-order valence-corrected chi connectivity index (χ0v) is 24.7. The Morgan fingerprint density at radius 1 is 0.868 bits per heavy atom. The molecule has 38 heavy (non-hydrogen) atoms. The first-order valence-electron chi connectivity index (χ1n) is 13.4. The van der Waals surface area contributed by atoms with Crippen molar-refractivity contribution >= 4 is 52.3 Å². The lowest BCUT2D eigenvalue weighted by atomic mass is 10.00. The number of unbranched alkanes of at least 4 members (excludes halogenated alkanes) is 1. The molecule has 3 atom stereocenters. The molecule has 11 heteroatoms. The third-order valence-electron chi connectivity index (χ3n) is 6.15. The Kier molecular flexibility index (Phi) is 16.3. The van der Waals surface area contributed by atoms with E-state index in [4.69, 9.17) is 34.7 Å². The summed E-state index contributed by atoms with van der Waals surface area (Å²) in [6.07, 6.45) is 2.22. The fourth-order valence-corrected chi connectivity index (χ4v) is 4.27. The van der Waals surface area contributed by atoms with Crippen LogP contribution in [0.5, 0.6) is 0 Å². The molecule has 0 aromatic heterocycles. The molecule has 0 spiro atoms. The molecule has 0 aliphatic heterocycles. The molecule has 1 aromatic carbocycles. The lowest BCUT2D eigenvalue weighted by Crippen LogP contribution is -2.56. The maximum atomic E-state index is 13.3. The van der Waals surface area contributed by atoms with Crippen LogP contribution in [0.25, 0.3) is 0 Å². The summed E-state index contributed by atoms with van der Waals surface area (Å²) in [5.74, 6) is -0.124. The van der Waals surface area contributed by atoms with E-state index in [9.17, 15) is 14.4 Å². The number of carbonyl (C=O) groups excluding carboxylic acids is 3. The number of anilines is 2. The van der Waals surface area contributed by atoms with E-state index in [1.54, 1.807) is 12.1 Å². The number of nitrogens with zero attached hydrogens (tertiary/aromatic N) is 1. The van der Waals surface area contributed by atoms with Gasteiger partial charge in [0.25, 0.3) is 0 Å². The lowest BCUT2D eigenvalue weighted by Gasteiger charge is -2.26. The van der Waals surface area contributed by atoms with Gasteiger partial charge in [-0.25, -0.2) is 0 Å². The molecular weight excluding hydrogens is 527 g/mol. The Morgan fingerprint density at radius 3 is 1.95 bits per heavy atom. The SMILES string of the molecule is CC(C)C[C@@H](NC(=O)[C@H](N)C(C)C)C(=O)N[C@@H](CCCCN)C(=O)Nc1ccc(N(CCCl)CCCl)cc1. The van der Waals surface area contributed by atoms with Crippen LogP contribution in [-0.4, -0.2) is 67.2 Å². The molecule has 0 aliphatic rings. The summed E-state index contributed by atoms with van der Waals surface area (Å²) in [5.41, 5.74) is 13.2. The van der Waals surface area contributed by atoms with Crippen LogP contribution in [-0.2, 0) is 14.4 Å². The Hall–Kier alpha value is -2.07. The highest BCUT2D eigenvalue weighted by Crippen LogP contribution is 2.19. The van der Waals surface area contributed by atoms with Crippen LogP contribution in [0.2, 0.25) is 0 Å². The van der Waals surface area contributed by atoms with Gasteiger partial charge in [-0.2, -0.15) is 0 Å². The van der Waals surface area contributed by atoms with Crippen LogP contribution in [0.1, 0.15) is 53.4 Å². The first kappa shape index (κ1) is 34.0. The van der Waals surface area contributed by atoms with Gasteiger partial charge in [-0.05, 0) is 68.3 Å². The molecule has 216 valence electrons. The molecule has 0 saturated carbocycles. The van der Waals surface area contributed by atoms with Gasteiger partial charge in [0.2, 0.25) is 17.7 Å². The van der Waals surface area contributed by atoms with Crippen molar-refractivity contribution in [2.75, 3.05) is 41.6 Å². The quantitative estimate of drug-likeness (QED) is 0.135. The molecule has 3 amide bonds. The molecule has 0 aliphatic carbocycles. The van der Waals surface area contributed by atoms with Crippen LogP contribution in [0, 0.1) is 11.8 Å². The van der Waals surface area contributed by atoms with E-state index in [-0.39, 0.29) is 23.7 Å². The molecule has 0 saturated heterocycles. The van der Waals surface area contributed by atoms with Gasteiger partial charge in [-0.3, -0.25) is 14.4 Å². The Labute approximate surface area is 237 Å². The van der Waals surface area contributed by atoms with Crippen molar-refractivity contribution in [1.82, 2.24) is 10.6 Å². The predicted molar refractivity (Wildman–Crippen MR) is 158 cm³/mol. The number of hydrogen-bond donors (Lipinski definition) is 5. The number of halogens is 2. The van der Waals surface area contributed by atoms with Crippen LogP contribution < -0.4 is 32.3 Å². The van der Waals surface area contributed by atoms with Gasteiger partial charge in [-0.15, -0.1) is 23.2 Å². The number of alkyl halides is 2. The highest BCUT2D eigenvalue weighted by atomic mass is 35.5. The molecule has 7 N–H and O–H groups in total. The van der Waals surface area contributed by atoms with Crippen molar-refractivity contribution in [2.24, 2.45) is 23.3 Å². The van der Waals surface area contributed by atoms with Gasteiger partial charge in [0.05, 0.1) is 6.04 Å². The van der Waals surface area contributed by atoms with E-state index in [1.807, 2.05) is 39.8 Å². The van der Waals surface area contributed by atoms with E-state index in [2.05, 4.69) is 20.9 Å². The second-order valence-corrected chi connectivity index (χ2v) is 11.0. The average Bonchev–Trinajstić information content (AvgIpc) is 2.87. The van der Waals surface area contributed by atoms with Crippen molar-refractivity contribution in [3.05, 3.63) is 24.3 Å². The van der Waals surface area contributed by atoms with Crippen molar-refractivity contribution < 1.29 is 14.4 Å². The number of carbonyl (C=O) groups is 3. The molecular formula is C27H46Cl2N6O3. The van der Waals surface area contributed by atoms with E-state index >= 15 is 0 Å². The summed E-state index contributed by atoms with van der Waals surface area (Å²) in [7, 11) is 0. The van der Waals surface area contributed by atoms with Crippen molar-refractivity contribution in [3.63, 3.8) is 0 Å². The maximum Gasteiger partial charge on any atom is 0.246 e. The smallest absolute Gasteiger partial charge is 0.246 e. The second kappa shape index (κ2) is 18.3.